The van der Waals surface area contributed by atoms with E-state index in [0.29, 0.717) is 38.5 Å². The van der Waals surface area contributed by atoms with Crippen molar-refractivity contribution in [3.63, 3.8) is 0 Å². The van der Waals surface area contributed by atoms with Crippen LogP contribution in [-0.2, 0) is 28.6 Å². The standard InChI is InChI=1S/C38H69N3O6/c1-25(30(43)46-27-20-34(6,7)40(16)35(8,9)21-27)38(14,31(44)47-28-22-36(10,11)41(17)37(12,13)23-28)24-29(42)45-26-18-32(2,3)39(15)33(4,5)19-26/h25-28H,18-24H2,1-17H3. The molecule has 9 heteroatoms. The molecule has 272 valence electrons. The van der Waals surface area contributed by atoms with Gasteiger partial charge in [-0.3, -0.25) is 29.1 Å². The van der Waals surface area contributed by atoms with Crippen LogP contribution in [0.5, 0.6) is 0 Å². The van der Waals surface area contributed by atoms with E-state index in [-0.39, 0.29) is 58.0 Å². The van der Waals surface area contributed by atoms with E-state index in [2.05, 4.69) is 119 Å². The first-order chi connectivity index (χ1) is 21.0. The number of nitrogens with zero attached hydrogens (tertiary/aromatic N) is 3. The Labute approximate surface area is 286 Å². The van der Waals surface area contributed by atoms with E-state index in [1.54, 1.807) is 13.8 Å². The number of piperidine rings is 3. The van der Waals surface area contributed by atoms with E-state index in [0.717, 1.165) is 0 Å². The lowest BCUT2D eigenvalue weighted by Gasteiger charge is -2.53. The molecule has 0 aromatic heterocycles. The molecule has 0 spiro atoms. The van der Waals surface area contributed by atoms with Crippen LogP contribution in [0.25, 0.3) is 0 Å². The van der Waals surface area contributed by atoms with E-state index in [9.17, 15) is 14.4 Å². The zero-order valence-electron chi connectivity index (χ0n) is 33.1. The van der Waals surface area contributed by atoms with Gasteiger partial charge in [-0.15, -0.1) is 0 Å². The Morgan fingerprint density at radius 3 is 1.17 bits per heavy atom. The average Bonchev–Trinajstić information content (AvgIpc) is 2.87. The highest BCUT2D eigenvalue weighted by atomic mass is 16.6. The second kappa shape index (κ2) is 12.9. The lowest BCUT2D eigenvalue weighted by atomic mass is 9.74. The quantitative estimate of drug-likeness (QED) is 0.211. The largest absolute Gasteiger partial charge is 0.462 e. The average molecular weight is 664 g/mol. The van der Waals surface area contributed by atoms with Crippen molar-refractivity contribution in [2.24, 2.45) is 11.3 Å². The maximum atomic E-state index is 14.3. The molecule has 3 saturated heterocycles. The van der Waals surface area contributed by atoms with Gasteiger partial charge in [-0.25, -0.2) is 0 Å². The lowest BCUT2D eigenvalue weighted by molar-refractivity contribution is -0.187. The number of esters is 3. The summed E-state index contributed by atoms with van der Waals surface area (Å²) in [6.45, 7) is 29.3. The normalized spacial score (nSPS) is 28.5. The van der Waals surface area contributed by atoms with Gasteiger partial charge in [0.15, 0.2) is 0 Å². The van der Waals surface area contributed by atoms with Crippen molar-refractivity contribution in [1.82, 2.24) is 14.7 Å². The summed E-state index contributed by atoms with van der Waals surface area (Å²) in [5, 5.41) is 0. The highest BCUT2D eigenvalue weighted by molar-refractivity contribution is 5.89. The van der Waals surface area contributed by atoms with Crippen LogP contribution in [0.4, 0.5) is 0 Å². The van der Waals surface area contributed by atoms with Gasteiger partial charge >= 0.3 is 17.9 Å². The summed E-state index contributed by atoms with van der Waals surface area (Å²) < 4.78 is 18.6. The molecular formula is C38H69N3O6. The van der Waals surface area contributed by atoms with E-state index in [1.165, 1.54) is 0 Å². The third kappa shape index (κ3) is 8.37. The van der Waals surface area contributed by atoms with Crippen LogP contribution < -0.4 is 0 Å². The molecule has 0 bridgehead atoms. The van der Waals surface area contributed by atoms with Gasteiger partial charge in [0.05, 0.1) is 17.8 Å². The maximum absolute atomic E-state index is 14.3. The number of hydrogen-bond acceptors (Lipinski definition) is 9. The molecule has 47 heavy (non-hydrogen) atoms. The number of hydrogen-bond donors (Lipinski definition) is 0. The first-order valence-corrected chi connectivity index (χ1v) is 17.8. The summed E-state index contributed by atoms with van der Waals surface area (Å²) in [4.78, 5) is 49.1. The fourth-order valence-electron chi connectivity index (χ4n) is 8.83. The number of carbonyl (C=O) groups excluding carboxylic acids is 3. The van der Waals surface area contributed by atoms with Gasteiger partial charge in [0.1, 0.15) is 18.3 Å². The second-order valence-electron chi connectivity index (χ2n) is 19.3. The van der Waals surface area contributed by atoms with Crippen LogP contribution >= 0.6 is 0 Å². The van der Waals surface area contributed by atoms with Crippen molar-refractivity contribution in [3.05, 3.63) is 0 Å². The van der Waals surface area contributed by atoms with Crippen molar-refractivity contribution in [2.45, 2.75) is 193 Å². The van der Waals surface area contributed by atoms with Crippen molar-refractivity contribution >= 4 is 17.9 Å². The minimum absolute atomic E-state index is 0.171. The molecule has 3 rings (SSSR count). The Kier molecular flexibility index (Phi) is 10.9. The summed E-state index contributed by atoms with van der Waals surface area (Å²) >= 11 is 0. The third-order valence-corrected chi connectivity index (χ3v) is 13.0. The Hall–Kier alpha value is -1.71. The predicted molar refractivity (Wildman–Crippen MR) is 187 cm³/mol. The monoisotopic (exact) mass is 664 g/mol. The summed E-state index contributed by atoms with van der Waals surface area (Å²) in [6.07, 6.45) is 2.79. The third-order valence-electron chi connectivity index (χ3n) is 13.0. The van der Waals surface area contributed by atoms with Crippen molar-refractivity contribution in [1.29, 1.82) is 0 Å². The van der Waals surface area contributed by atoms with Gasteiger partial charge < -0.3 is 14.2 Å². The number of ether oxygens (including phenoxy) is 3. The first-order valence-electron chi connectivity index (χ1n) is 17.8. The molecule has 0 N–H and O–H groups in total. The molecular weight excluding hydrogens is 594 g/mol. The maximum Gasteiger partial charge on any atom is 0.313 e. The lowest BCUT2D eigenvalue weighted by Crippen LogP contribution is -2.61. The fourth-order valence-corrected chi connectivity index (χ4v) is 8.83. The van der Waals surface area contributed by atoms with Crippen molar-refractivity contribution < 1.29 is 28.6 Å². The molecule has 3 aliphatic heterocycles. The number of carbonyl (C=O) groups is 3. The van der Waals surface area contributed by atoms with Crippen LogP contribution in [0.15, 0.2) is 0 Å². The predicted octanol–water partition coefficient (Wildman–Crippen LogP) is 6.60. The molecule has 0 aliphatic carbocycles. The summed E-state index contributed by atoms with van der Waals surface area (Å²) in [7, 11) is 6.32. The smallest absolute Gasteiger partial charge is 0.313 e. The minimum Gasteiger partial charge on any atom is -0.462 e. The molecule has 0 aromatic carbocycles. The van der Waals surface area contributed by atoms with Gasteiger partial charge in [-0.05, 0) is 111 Å². The van der Waals surface area contributed by atoms with E-state index in [4.69, 9.17) is 14.2 Å². The number of rotatable bonds is 8. The molecule has 9 nitrogen and oxygen atoms in total. The second-order valence-corrected chi connectivity index (χ2v) is 19.3. The fraction of sp³-hybridized carbons (Fsp3) is 0.921. The van der Waals surface area contributed by atoms with Crippen LogP contribution in [0, 0.1) is 11.3 Å². The molecule has 3 fully saturated rings. The van der Waals surface area contributed by atoms with Crippen molar-refractivity contribution in [3.8, 4) is 0 Å². The Bertz CT molecular complexity index is 1140. The van der Waals surface area contributed by atoms with Gasteiger partial charge in [0.25, 0.3) is 0 Å². The van der Waals surface area contributed by atoms with E-state index >= 15 is 0 Å². The van der Waals surface area contributed by atoms with Gasteiger partial charge in [0.2, 0.25) is 0 Å². The highest BCUT2D eigenvalue weighted by Gasteiger charge is 2.52. The van der Waals surface area contributed by atoms with Crippen LogP contribution in [0.1, 0.15) is 142 Å². The Morgan fingerprint density at radius 2 is 0.851 bits per heavy atom. The van der Waals surface area contributed by atoms with Crippen LogP contribution in [0.3, 0.4) is 0 Å². The van der Waals surface area contributed by atoms with E-state index < -0.39 is 29.2 Å². The summed E-state index contributed by atoms with van der Waals surface area (Å²) in [5.41, 5.74) is -2.57. The van der Waals surface area contributed by atoms with Gasteiger partial charge in [-0.1, -0.05) is 6.92 Å². The Balaban J connectivity index is 1.87. The SMILES string of the molecule is CC(C(=O)OC1CC(C)(C)N(C)C(C)(C)C1)C(C)(CC(=O)OC1CC(C)(C)N(C)C(C)(C)C1)C(=O)OC1CC(C)(C)N(C)C(C)(C)C1. The molecule has 3 aliphatic rings. The molecule has 0 radical (unpaired) electrons. The molecule has 2 unspecified atom stereocenters. The highest BCUT2D eigenvalue weighted by Crippen LogP contribution is 2.44. The zero-order valence-corrected chi connectivity index (χ0v) is 33.1. The summed E-state index contributed by atoms with van der Waals surface area (Å²) in [6, 6.07) is 0. The van der Waals surface area contributed by atoms with Crippen LogP contribution in [-0.4, -0.2) is 105 Å². The van der Waals surface area contributed by atoms with Crippen molar-refractivity contribution in [2.75, 3.05) is 21.1 Å². The number of likely N-dealkylation sites (tertiary alicyclic amines) is 3. The van der Waals surface area contributed by atoms with Gasteiger partial charge in [-0.2, -0.15) is 0 Å². The topological polar surface area (TPSA) is 88.6 Å². The molecule has 0 amide bonds. The van der Waals surface area contributed by atoms with Crippen LogP contribution in [0.2, 0.25) is 0 Å². The molecule has 2 atom stereocenters. The first kappa shape index (κ1) is 39.7. The zero-order chi connectivity index (χ0) is 36.3. The van der Waals surface area contributed by atoms with E-state index in [1.807, 2.05) is 0 Å². The Morgan fingerprint density at radius 1 is 0.574 bits per heavy atom. The molecule has 0 saturated carbocycles. The molecule has 3 heterocycles. The van der Waals surface area contributed by atoms with Gasteiger partial charge in [0, 0.05) is 71.8 Å². The minimum atomic E-state index is -1.47. The summed E-state index contributed by atoms with van der Waals surface area (Å²) in [5.74, 6) is -2.45. The molecule has 0 aromatic rings.